The van der Waals surface area contributed by atoms with Gasteiger partial charge in [-0.25, -0.2) is 22.8 Å². The third-order valence-corrected chi connectivity index (χ3v) is 7.64. The third kappa shape index (κ3) is 5.18. The van der Waals surface area contributed by atoms with Crippen LogP contribution in [-0.4, -0.2) is 57.6 Å². The van der Waals surface area contributed by atoms with E-state index in [1.54, 1.807) is 42.0 Å². The molecule has 0 fully saturated rings. The van der Waals surface area contributed by atoms with Crippen LogP contribution >= 0.6 is 0 Å². The fourth-order valence-corrected chi connectivity index (χ4v) is 4.85. The first-order chi connectivity index (χ1) is 17.2. The standard InChI is InChI=1S/C24H25FN6O4S/c1-15-8-9-18(26-11-15)24-30-29-22(31(24)23-19(34-3)6-5-7-20(23)35-4)14-36(32,33)16(2)10-21-27-12-17(25)13-28-21/h5-9,11-13,16H,10,14H2,1-4H3/t16-/m0/s1. The lowest BCUT2D eigenvalue weighted by Gasteiger charge is -2.18. The Morgan fingerprint density at radius 2 is 1.64 bits per heavy atom. The molecule has 1 aromatic carbocycles. The summed E-state index contributed by atoms with van der Waals surface area (Å²) in [6.45, 7) is 3.46. The number of rotatable bonds is 9. The molecule has 36 heavy (non-hydrogen) atoms. The van der Waals surface area contributed by atoms with Crippen molar-refractivity contribution in [2.24, 2.45) is 0 Å². The van der Waals surface area contributed by atoms with Gasteiger partial charge in [0.15, 0.2) is 27.3 Å². The van der Waals surface area contributed by atoms with Crippen LogP contribution < -0.4 is 9.47 Å². The number of halogens is 1. The number of benzene rings is 1. The van der Waals surface area contributed by atoms with E-state index in [0.29, 0.717) is 28.7 Å². The minimum Gasteiger partial charge on any atom is -0.494 e. The highest BCUT2D eigenvalue weighted by molar-refractivity contribution is 7.91. The maximum atomic E-state index is 13.4. The molecule has 10 nitrogen and oxygen atoms in total. The number of hydrogen-bond acceptors (Lipinski definition) is 9. The fourth-order valence-electron chi connectivity index (χ4n) is 3.61. The largest absolute Gasteiger partial charge is 0.494 e. The van der Waals surface area contributed by atoms with Gasteiger partial charge in [-0.15, -0.1) is 10.2 Å². The molecule has 3 heterocycles. The van der Waals surface area contributed by atoms with Gasteiger partial charge < -0.3 is 9.47 Å². The highest BCUT2D eigenvalue weighted by atomic mass is 32.2. The Kier molecular flexibility index (Phi) is 7.25. The van der Waals surface area contributed by atoms with Crippen molar-refractivity contribution in [2.75, 3.05) is 14.2 Å². The predicted molar refractivity (Wildman–Crippen MR) is 130 cm³/mol. The monoisotopic (exact) mass is 512 g/mol. The summed E-state index contributed by atoms with van der Waals surface area (Å²) in [4.78, 5) is 12.2. The molecule has 188 valence electrons. The SMILES string of the molecule is COc1cccc(OC)c1-n1c(CS(=O)(=O)[C@@H](C)Cc2ncc(F)cn2)nnc1-c1ccc(C)cn1. The molecule has 0 saturated carbocycles. The molecule has 4 rings (SSSR count). The van der Waals surface area contributed by atoms with Crippen LogP contribution in [-0.2, 0) is 22.0 Å². The molecule has 0 aliphatic heterocycles. The molecule has 1 atom stereocenters. The van der Waals surface area contributed by atoms with Crippen LogP contribution in [0.4, 0.5) is 4.39 Å². The Morgan fingerprint density at radius 3 is 2.22 bits per heavy atom. The van der Waals surface area contributed by atoms with E-state index < -0.39 is 26.7 Å². The molecule has 4 aromatic rings. The van der Waals surface area contributed by atoms with Crippen molar-refractivity contribution in [1.29, 1.82) is 0 Å². The Bertz CT molecular complexity index is 1430. The molecule has 0 unspecified atom stereocenters. The molecule has 0 aliphatic carbocycles. The van der Waals surface area contributed by atoms with Crippen LogP contribution in [0.3, 0.4) is 0 Å². The van der Waals surface area contributed by atoms with Crippen molar-refractivity contribution in [3.63, 3.8) is 0 Å². The van der Waals surface area contributed by atoms with Crippen molar-refractivity contribution >= 4 is 9.84 Å². The minimum absolute atomic E-state index is 0.0150. The second-order valence-corrected chi connectivity index (χ2v) is 10.6. The smallest absolute Gasteiger partial charge is 0.187 e. The van der Waals surface area contributed by atoms with Crippen LogP contribution in [0.15, 0.2) is 48.9 Å². The molecule has 3 aromatic heterocycles. The second-order valence-electron chi connectivity index (χ2n) is 8.15. The van der Waals surface area contributed by atoms with E-state index in [0.717, 1.165) is 18.0 Å². The van der Waals surface area contributed by atoms with Crippen molar-refractivity contribution in [2.45, 2.75) is 31.3 Å². The van der Waals surface area contributed by atoms with Crippen LogP contribution in [0.25, 0.3) is 17.2 Å². The van der Waals surface area contributed by atoms with E-state index in [9.17, 15) is 12.8 Å². The minimum atomic E-state index is -3.77. The third-order valence-electron chi connectivity index (χ3n) is 5.58. The second kappa shape index (κ2) is 10.4. The Morgan fingerprint density at radius 1 is 0.972 bits per heavy atom. The number of methoxy groups -OCH3 is 2. The topological polar surface area (TPSA) is 122 Å². The molecule has 0 bridgehead atoms. The number of sulfone groups is 1. The van der Waals surface area contributed by atoms with Crippen molar-refractivity contribution in [1.82, 2.24) is 29.7 Å². The number of ether oxygens (including phenoxy) is 2. The van der Waals surface area contributed by atoms with E-state index in [1.165, 1.54) is 14.2 Å². The number of hydrogen-bond donors (Lipinski definition) is 0. The van der Waals surface area contributed by atoms with Crippen LogP contribution in [0.1, 0.15) is 24.1 Å². The number of nitrogens with zero attached hydrogens (tertiary/aromatic N) is 6. The van der Waals surface area contributed by atoms with Gasteiger partial charge in [-0.1, -0.05) is 12.1 Å². The highest BCUT2D eigenvalue weighted by Crippen LogP contribution is 2.36. The van der Waals surface area contributed by atoms with Gasteiger partial charge in [0.2, 0.25) is 0 Å². The summed E-state index contributed by atoms with van der Waals surface area (Å²) >= 11 is 0. The molecule has 0 spiro atoms. The molecule has 0 radical (unpaired) electrons. The van der Waals surface area contributed by atoms with Gasteiger partial charge in [-0.2, -0.15) is 0 Å². The normalized spacial score (nSPS) is 12.4. The summed E-state index contributed by atoms with van der Waals surface area (Å²) < 4.78 is 52.6. The average Bonchev–Trinajstić information content (AvgIpc) is 3.27. The summed E-state index contributed by atoms with van der Waals surface area (Å²) in [6, 6.07) is 8.89. The molecular formula is C24H25FN6O4S. The van der Waals surface area contributed by atoms with Crippen LogP contribution in [0, 0.1) is 12.7 Å². The lowest BCUT2D eigenvalue weighted by atomic mass is 10.2. The van der Waals surface area contributed by atoms with E-state index in [2.05, 4.69) is 25.1 Å². The maximum absolute atomic E-state index is 13.4. The molecule has 12 heteroatoms. The average molecular weight is 513 g/mol. The van der Waals surface area contributed by atoms with E-state index in [-0.39, 0.29) is 18.1 Å². The van der Waals surface area contributed by atoms with Gasteiger partial charge in [0.25, 0.3) is 0 Å². The van der Waals surface area contributed by atoms with Gasteiger partial charge in [0, 0.05) is 12.6 Å². The highest BCUT2D eigenvalue weighted by Gasteiger charge is 2.29. The molecular weight excluding hydrogens is 487 g/mol. The predicted octanol–water partition coefficient (Wildman–Crippen LogP) is 3.13. The first-order valence-electron chi connectivity index (χ1n) is 11.0. The number of para-hydroxylation sites is 1. The first-order valence-corrected chi connectivity index (χ1v) is 12.7. The Hall–Kier alpha value is -3.93. The zero-order valence-corrected chi connectivity index (χ0v) is 21.0. The fraction of sp³-hybridized carbons (Fsp3) is 0.292. The summed E-state index contributed by atoms with van der Waals surface area (Å²) in [5.74, 6) is 0.563. The number of aromatic nitrogens is 6. The van der Waals surface area contributed by atoms with E-state index >= 15 is 0 Å². The maximum Gasteiger partial charge on any atom is 0.187 e. The summed E-state index contributed by atoms with van der Waals surface area (Å²) in [5, 5.41) is 7.65. The lowest BCUT2D eigenvalue weighted by molar-refractivity contribution is 0.390. The van der Waals surface area contributed by atoms with Crippen molar-refractivity contribution < 1.29 is 22.3 Å². The quantitative estimate of drug-likeness (QED) is 0.333. The summed E-state index contributed by atoms with van der Waals surface area (Å²) in [5.41, 5.74) is 1.90. The Labute approximate surface area is 208 Å². The van der Waals surface area contributed by atoms with Crippen LogP contribution in [0.5, 0.6) is 11.5 Å². The number of pyridine rings is 1. The van der Waals surface area contributed by atoms with E-state index in [4.69, 9.17) is 9.47 Å². The lowest BCUT2D eigenvalue weighted by Crippen LogP contribution is -2.24. The van der Waals surface area contributed by atoms with Gasteiger partial charge in [-0.3, -0.25) is 9.55 Å². The van der Waals surface area contributed by atoms with Crippen molar-refractivity contribution in [3.8, 4) is 28.7 Å². The molecule has 0 amide bonds. The Balaban J connectivity index is 1.80. The first kappa shape index (κ1) is 25.2. The molecule has 0 aliphatic rings. The molecule has 0 N–H and O–H groups in total. The zero-order valence-electron chi connectivity index (χ0n) is 20.2. The molecule has 0 saturated heterocycles. The van der Waals surface area contributed by atoms with Crippen LogP contribution in [0.2, 0.25) is 0 Å². The summed E-state index contributed by atoms with van der Waals surface area (Å²) in [7, 11) is -0.751. The van der Waals surface area contributed by atoms with Gasteiger partial charge in [0.1, 0.15) is 34.5 Å². The van der Waals surface area contributed by atoms with Gasteiger partial charge in [0.05, 0.1) is 31.9 Å². The summed E-state index contributed by atoms with van der Waals surface area (Å²) in [6.07, 6.45) is 3.72. The number of aryl methyl sites for hydroxylation is 1. The van der Waals surface area contributed by atoms with Gasteiger partial charge in [-0.05, 0) is 37.6 Å². The van der Waals surface area contributed by atoms with Crippen molar-refractivity contribution in [3.05, 3.63) is 72.0 Å². The van der Waals surface area contributed by atoms with E-state index in [1.807, 2.05) is 13.0 Å². The zero-order chi connectivity index (χ0) is 25.9. The van der Waals surface area contributed by atoms with Gasteiger partial charge >= 0.3 is 0 Å².